The molecule has 0 aromatic heterocycles. The number of esters is 1. The molecule has 0 saturated heterocycles. The highest BCUT2D eigenvalue weighted by Crippen LogP contribution is 2.39. The second-order valence-corrected chi connectivity index (χ2v) is 6.43. The summed E-state index contributed by atoms with van der Waals surface area (Å²) in [5.74, 6) is -0.272. The first-order valence-electron chi connectivity index (χ1n) is 8.88. The molecule has 0 spiro atoms. The first-order valence-corrected chi connectivity index (χ1v) is 8.88. The van der Waals surface area contributed by atoms with Crippen LogP contribution in [0.5, 0.6) is 0 Å². The molecule has 0 radical (unpaired) electrons. The molecule has 0 aliphatic heterocycles. The molecule has 128 valence electrons. The van der Waals surface area contributed by atoms with Crippen molar-refractivity contribution in [2.75, 3.05) is 6.61 Å². The summed E-state index contributed by atoms with van der Waals surface area (Å²) in [6, 6.07) is 24.6. The Morgan fingerprint density at radius 1 is 0.808 bits per heavy atom. The van der Waals surface area contributed by atoms with Crippen molar-refractivity contribution in [1.82, 2.24) is 0 Å². The molecule has 0 aliphatic carbocycles. The van der Waals surface area contributed by atoms with Gasteiger partial charge >= 0.3 is 5.97 Å². The van der Waals surface area contributed by atoms with Crippen LogP contribution < -0.4 is 0 Å². The largest absolute Gasteiger partial charge is 0.462 e. The quantitative estimate of drug-likeness (QED) is 0.330. The molecular weight excluding hydrogens is 320 g/mol. The van der Waals surface area contributed by atoms with E-state index in [-0.39, 0.29) is 5.97 Å². The van der Waals surface area contributed by atoms with Crippen LogP contribution in [0.2, 0.25) is 0 Å². The summed E-state index contributed by atoms with van der Waals surface area (Å²) >= 11 is 0. The Bertz CT molecular complexity index is 1110. The first-order chi connectivity index (χ1) is 12.7. The molecule has 2 nitrogen and oxygen atoms in total. The van der Waals surface area contributed by atoms with E-state index in [0.29, 0.717) is 12.2 Å². The fourth-order valence-electron chi connectivity index (χ4n) is 3.62. The summed E-state index contributed by atoms with van der Waals surface area (Å²) in [6.07, 6.45) is 0. The number of fused-ring (bicyclic) bond motifs is 3. The van der Waals surface area contributed by atoms with Gasteiger partial charge in [-0.15, -0.1) is 0 Å². The lowest BCUT2D eigenvalue weighted by Crippen LogP contribution is -2.08. The third kappa shape index (κ3) is 2.64. The van der Waals surface area contributed by atoms with Crippen molar-refractivity contribution in [3.8, 4) is 11.1 Å². The van der Waals surface area contributed by atoms with Gasteiger partial charge in [-0.1, -0.05) is 78.4 Å². The molecule has 0 amide bonds. The monoisotopic (exact) mass is 340 g/mol. The molecular formula is C24H20O2. The molecule has 0 saturated carbocycles. The fraction of sp³-hybridized carbons (Fsp3) is 0.125. The Kier molecular flexibility index (Phi) is 4.18. The van der Waals surface area contributed by atoms with Gasteiger partial charge in [0.05, 0.1) is 12.2 Å². The van der Waals surface area contributed by atoms with Crippen LogP contribution in [0.1, 0.15) is 22.8 Å². The van der Waals surface area contributed by atoms with Crippen LogP contribution in [-0.2, 0) is 4.74 Å². The van der Waals surface area contributed by atoms with E-state index in [1.165, 1.54) is 5.56 Å². The molecule has 2 heteroatoms. The summed E-state index contributed by atoms with van der Waals surface area (Å²) in [6.45, 7) is 4.27. The van der Waals surface area contributed by atoms with Crippen LogP contribution in [0.25, 0.3) is 32.7 Å². The maximum Gasteiger partial charge on any atom is 0.339 e. The van der Waals surface area contributed by atoms with E-state index in [1.807, 2.05) is 55.5 Å². The Morgan fingerprint density at radius 2 is 1.50 bits per heavy atom. The number of benzene rings is 4. The van der Waals surface area contributed by atoms with Gasteiger partial charge in [-0.05, 0) is 41.0 Å². The zero-order valence-electron chi connectivity index (χ0n) is 15.0. The highest BCUT2D eigenvalue weighted by Gasteiger charge is 2.21. The Hall–Kier alpha value is -3.13. The van der Waals surface area contributed by atoms with Crippen molar-refractivity contribution in [2.24, 2.45) is 0 Å². The summed E-state index contributed by atoms with van der Waals surface area (Å²) in [5.41, 5.74) is 3.78. The van der Waals surface area contributed by atoms with E-state index in [0.717, 1.165) is 32.7 Å². The van der Waals surface area contributed by atoms with Crippen LogP contribution in [-0.4, -0.2) is 12.6 Å². The van der Waals surface area contributed by atoms with Gasteiger partial charge in [0.25, 0.3) is 0 Å². The molecule has 0 unspecified atom stereocenters. The second kappa shape index (κ2) is 6.64. The van der Waals surface area contributed by atoms with E-state index < -0.39 is 0 Å². The van der Waals surface area contributed by atoms with Crippen LogP contribution >= 0.6 is 0 Å². The van der Waals surface area contributed by atoms with Gasteiger partial charge < -0.3 is 4.74 Å². The molecule has 0 heterocycles. The van der Waals surface area contributed by atoms with Gasteiger partial charge in [-0.25, -0.2) is 4.79 Å². The van der Waals surface area contributed by atoms with Gasteiger partial charge in [0.15, 0.2) is 0 Å². The molecule has 4 aromatic carbocycles. The van der Waals surface area contributed by atoms with Gasteiger partial charge in [0.2, 0.25) is 0 Å². The number of hydrogen-bond acceptors (Lipinski definition) is 2. The van der Waals surface area contributed by atoms with Gasteiger partial charge in [-0.2, -0.15) is 0 Å². The topological polar surface area (TPSA) is 26.3 Å². The van der Waals surface area contributed by atoms with Crippen LogP contribution in [0, 0.1) is 6.92 Å². The van der Waals surface area contributed by atoms with Crippen molar-refractivity contribution in [1.29, 1.82) is 0 Å². The molecule has 0 atom stereocenters. The molecule has 0 N–H and O–H groups in total. The van der Waals surface area contributed by atoms with Gasteiger partial charge in [-0.3, -0.25) is 0 Å². The maximum atomic E-state index is 13.0. The Balaban J connectivity index is 2.23. The van der Waals surface area contributed by atoms with Crippen molar-refractivity contribution < 1.29 is 9.53 Å². The van der Waals surface area contributed by atoms with Crippen molar-refractivity contribution >= 4 is 27.5 Å². The molecule has 4 aromatic rings. The lowest BCUT2D eigenvalue weighted by molar-refractivity contribution is 0.0529. The SMILES string of the molecule is CCOC(=O)c1c(-c2ccccc2)c2ccccc2c2cc(C)ccc12. The maximum absolute atomic E-state index is 13.0. The van der Waals surface area contributed by atoms with E-state index in [4.69, 9.17) is 4.74 Å². The predicted molar refractivity (Wildman–Crippen MR) is 108 cm³/mol. The minimum atomic E-state index is -0.272. The second-order valence-electron chi connectivity index (χ2n) is 6.43. The van der Waals surface area contributed by atoms with E-state index >= 15 is 0 Å². The third-order valence-corrected chi connectivity index (χ3v) is 4.72. The molecule has 0 aliphatic rings. The number of aryl methyl sites for hydroxylation is 1. The molecule has 0 fully saturated rings. The predicted octanol–water partition coefficient (Wildman–Crippen LogP) is 6.15. The van der Waals surface area contributed by atoms with E-state index in [9.17, 15) is 4.79 Å². The van der Waals surface area contributed by atoms with Gasteiger partial charge in [0.1, 0.15) is 0 Å². The highest BCUT2D eigenvalue weighted by atomic mass is 16.5. The van der Waals surface area contributed by atoms with Crippen LogP contribution in [0.3, 0.4) is 0 Å². The minimum absolute atomic E-state index is 0.272. The zero-order valence-corrected chi connectivity index (χ0v) is 15.0. The smallest absolute Gasteiger partial charge is 0.339 e. The lowest BCUT2D eigenvalue weighted by Gasteiger charge is -2.17. The lowest BCUT2D eigenvalue weighted by atomic mass is 9.87. The summed E-state index contributed by atoms with van der Waals surface area (Å²) in [5, 5.41) is 4.24. The Labute approximate surface area is 153 Å². The molecule has 4 rings (SSSR count). The van der Waals surface area contributed by atoms with E-state index in [2.05, 4.69) is 31.2 Å². The highest BCUT2D eigenvalue weighted by molar-refractivity contribution is 6.23. The molecule has 26 heavy (non-hydrogen) atoms. The third-order valence-electron chi connectivity index (χ3n) is 4.72. The van der Waals surface area contributed by atoms with E-state index in [1.54, 1.807) is 0 Å². The number of carbonyl (C=O) groups is 1. The van der Waals surface area contributed by atoms with Crippen LogP contribution in [0.4, 0.5) is 0 Å². The first kappa shape index (κ1) is 16.3. The van der Waals surface area contributed by atoms with Crippen molar-refractivity contribution in [2.45, 2.75) is 13.8 Å². The summed E-state index contributed by atoms with van der Waals surface area (Å²) < 4.78 is 5.44. The number of ether oxygens (including phenoxy) is 1. The van der Waals surface area contributed by atoms with Crippen LogP contribution in [0.15, 0.2) is 72.8 Å². The van der Waals surface area contributed by atoms with Crippen molar-refractivity contribution in [3.05, 3.63) is 83.9 Å². The number of carbonyl (C=O) groups excluding carboxylic acids is 1. The average Bonchev–Trinajstić information content (AvgIpc) is 2.67. The molecule has 0 bridgehead atoms. The average molecular weight is 340 g/mol. The fourth-order valence-corrected chi connectivity index (χ4v) is 3.62. The summed E-state index contributed by atoms with van der Waals surface area (Å²) in [4.78, 5) is 13.0. The standard InChI is InChI=1S/C24H20O2/c1-3-26-24(25)23-20-14-13-16(2)15-21(20)18-11-7-8-12-19(18)22(23)17-9-5-4-6-10-17/h4-15H,3H2,1-2H3. The number of rotatable bonds is 3. The van der Waals surface area contributed by atoms with Crippen molar-refractivity contribution in [3.63, 3.8) is 0 Å². The zero-order chi connectivity index (χ0) is 18.1. The Morgan fingerprint density at radius 3 is 2.23 bits per heavy atom. The number of hydrogen-bond donors (Lipinski definition) is 0. The minimum Gasteiger partial charge on any atom is -0.462 e. The summed E-state index contributed by atoms with van der Waals surface area (Å²) in [7, 11) is 0. The normalized spacial score (nSPS) is 11.0. The van der Waals surface area contributed by atoms with Gasteiger partial charge in [0, 0.05) is 5.56 Å².